The fourth-order valence-corrected chi connectivity index (χ4v) is 0.357. The van der Waals surface area contributed by atoms with Crippen molar-refractivity contribution in [2.75, 3.05) is 0 Å². The molecule has 54 valence electrons. The van der Waals surface area contributed by atoms with Gasteiger partial charge in [0.1, 0.15) is 12.4 Å². The molecule has 0 amide bonds. The summed E-state index contributed by atoms with van der Waals surface area (Å²) in [6.45, 7) is 0. The third-order valence-electron chi connectivity index (χ3n) is 0.690. The van der Waals surface area contributed by atoms with Crippen molar-refractivity contribution in [3.63, 3.8) is 0 Å². The minimum absolute atomic E-state index is 0. The number of nitriles is 1. The zero-order valence-electron chi connectivity index (χ0n) is 4.89. The van der Waals surface area contributed by atoms with Crippen molar-refractivity contribution in [3.05, 3.63) is 24.3 Å². The fraction of sp³-hybridized carbons (Fsp3) is 0. The van der Waals surface area contributed by atoms with Crippen LogP contribution >= 0.6 is 24.8 Å². The lowest BCUT2D eigenvalue weighted by atomic mass is 10.4. The molecule has 1 rings (SSSR count). The highest BCUT2D eigenvalue weighted by Gasteiger charge is 1.82. The van der Waals surface area contributed by atoms with Gasteiger partial charge in [-0.25, -0.2) is 9.97 Å². The summed E-state index contributed by atoms with van der Waals surface area (Å²) in [6.07, 6.45) is 4.32. The third kappa shape index (κ3) is 3.23. The SMILES string of the molecule is Cl.Cl.N#Cc1cncnc1. The summed E-state index contributed by atoms with van der Waals surface area (Å²) in [5.41, 5.74) is 0.493. The van der Waals surface area contributed by atoms with Gasteiger partial charge in [0.05, 0.1) is 5.56 Å². The van der Waals surface area contributed by atoms with Crippen LogP contribution in [0.25, 0.3) is 0 Å². The Hall–Kier alpha value is -0.850. The average Bonchev–Trinajstić information content (AvgIpc) is 1.90. The van der Waals surface area contributed by atoms with Crippen LogP contribution in [0.15, 0.2) is 18.7 Å². The molecule has 5 heteroatoms. The number of nitrogens with zero attached hydrogens (tertiary/aromatic N) is 3. The van der Waals surface area contributed by atoms with Crippen molar-refractivity contribution in [3.8, 4) is 6.07 Å². The molecule has 0 aliphatic carbocycles. The van der Waals surface area contributed by atoms with E-state index in [0.29, 0.717) is 5.56 Å². The first-order valence-corrected chi connectivity index (χ1v) is 2.08. The van der Waals surface area contributed by atoms with Crippen LogP contribution in [-0.2, 0) is 0 Å². The Morgan fingerprint density at radius 3 is 2.00 bits per heavy atom. The highest BCUT2D eigenvalue weighted by molar-refractivity contribution is 5.85. The summed E-state index contributed by atoms with van der Waals surface area (Å²) in [7, 11) is 0. The van der Waals surface area contributed by atoms with E-state index in [1.807, 2.05) is 6.07 Å². The molecule has 0 aromatic carbocycles. The van der Waals surface area contributed by atoms with E-state index in [-0.39, 0.29) is 24.8 Å². The maximum absolute atomic E-state index is 8.21. The Kier molecular flexibility index (Phi) is 7.46. The maximum Gasteiger partial charge on any atom is 0.115 e. The van der Waals surface area contributed by atoms with Crippen LogP contribution in [0.2, 0.25) is 0 Å². The van der Waals surface area contributed by atoms with Gasteiger partial charge in [-0.2, -0.15) is 5.26 Å². The predicted molar refractivity (Wildman–Crippen MR) is 41.2 cm³/mol. The summed E-state index contributed by atoms with van der Waals surface area (Å²) in [6, 6.07) is 1.90. The number of rotatable bonds is 0. The Labute approximate surface area is 70.9 Å². The highest BCUT2D eigenvalue weighted by atomic mass is 35.5. The normalized spacial score (nSPS) is 6.30. The average molecular weight is 178 g/mol. The molecule has 0 saturated heterocycles. The van der Waals surface area contributed by atoms with Crippen molar-refractivity contribution in [1.29, 1.82) is 5.26 Å². The summed E-state index contributed by atoms with van der Waals surface area (Å²) in [5, 5.41) is 8.21. The topological polar surface area (TPSA) is 49.6 Å². The third-order valence-corrected chi connectivity index (χ3v) is 0.690. The molecule has 0 N–H and O–H groups in total. The molecule has 0 aliphatic rings. The van der Waals surface area contributed by atoms with Gasteiger partial charge in [-0.1, -0.05) is 0 Å². The lowest BCUT2D eigenvalue weighted by Gasteiger charge is -1.79. The van der Waals surface area contributed by atoms with E-state index >= 15 is 0 Å². The van der Waals surface area contributed by atoms with Gasteiger partial charge in [0, 0.05) is 12.4 Å². The second-order valence-electron chi connectivity index (χ2n) is 1.24. The Morgan fingerprint density at radius 2 is 1.70 bits per heavy atom. The first-order valence-electron chi connectivity index (χ1n) is 2.08. The van der Waals surface area contributed by atoms with E-state index in [4.69, 9.17) is 5.26 Å². The molecule has 10 heavy (non-hydrogen) atoms. The summed E-state index contributed by atoms with van der Waals surface area (Å²) >= 11 is 0. The summed E-state index contributed by atoms with van der Waals surface area (Å²) in [5.74, 6) is 0. The van der Waals surface area contributed by atoms with E-state index in [2.05, 4.69) is 9.97 Å². The van der Waals surface area contributed by atoms with Gasteiger partial charge in [0.15, 0.2) is 0 Å². The largest absolute Gasteiger partial charge is 0.243 e. The molecule has 0 atom stereocenters. The van der Waals surface area contributed by atoms with Crippen LogP contribution in [0.4, 0.5) is 0 Å². The second-order valence-corrected chi connectivity index (χ2v) is 1.24. The van der Waals surface area contributed by atoms with Crippen LogP contribution in [0.3, 0.4) is 0 Å². The monoisotopic (exact) mass is 177 g/mol. The number of hydrogen-bond acceptors (Lipinski definition) is 3. The second kappa shape index (κ2) is 6.27. The van der Waals surface area contributed by atoms with E-state index in [9.17, 15) is 0 Å². The van der Waals surface area contributed by atoms with Crippen LogP contribution < -0.4 is 0 Å². The molecule has 1 aromatic heterocycles. The van der Waals surface area contributed by atoms with Crippen molar-refractivity contribution in [2.45, 2.75) is 0 Å². The van der Waals surface area contributed by atoms with Crippen LogP contribution in [0, 0.1) is 11.3 Å². The van der Waals surface area contributed by atoms with Gasteiger partial charge in [0.25, 0.3) is 0 Å². The molecule has 1 aromatic rings. The first kappa shape index (κ1) is 11.9. The maximum atomic E-state index is 8.21. The van der Waals surface area contributed by atoms with Crippen molar-refractivity contribution < 1.29 is 0 Å². The van der Waals surface area contributed by atoms with E-state index in [1.54, 1.807) is 0 Å². The molecule has 0 spiro atoms. The smallest absolute Gasteiger partial charge is 0.115 e. The van der Waals surface area contributed by atoms with Gasteiger partial charge >= 0.3 is 0 Å². The van der Waals surface area contributed by atoms with Gasteiger partial charge in [-0.15, -0.1) is 24.8 Å². The van der Waals surface area contributed by atoms with Gasteiger partial charge < -0.3 is 0 Å². The number of halogens is 2. The molecule has 0 fully saturated rings. The van der Waals surface area contributed by atoms with E-state index in [1.165, 1.54) is 18.7 Å². The quantitative estimate of drug-likeness (QED) is 0.599. The Bertz CT molecular complexity index is 206. The van der Waals surface area contributed by atoms with Gasteiger partial charge in [-0.05, 0) is 0 Å². The molecule has 0 saturated carbocycles. The van der Waals surface area contributed by atoms with Gasteiger partial charge in [-0.3, -0.25) is 0 Å². The summed E-state index contributed by atoms with van der Waals surface area (Å²) in [4.78, 5) is 7.24. The van der Waals surface area contributed by atoms with Crippen LogP contribution in [0.5, 0.6) is 0 Å². The molecule has 3 nitrogen and oxygen atoms in total. The molecular formula is C5H5Cl2N3. The molecule has 0 unspecified atom stereocenters. The predicted octanol–water partition coefficient (Wildman–Crippen LogP) is 1.19. The molecular weight excluding hydrogens is 173 g/mol. The standard InChI is InChI=1S/C5H3N3.2ClH/c6-1-5-2-7-4-8-3-5;;/h2-4H;2*1H. The van der Waals surface area contributed by atoms with Crippen molar-refractivity contribution in [2.24, 2.45) is 0 Å². The Morgan fingerprint density at radius 1 is 1.20 bits per heavy atom. The molecule has 0 radical (unpaired) electrons. The van der Waals surface area contributed by atoms with Crippen LogP contribution in [0.1, 0.15) is 5.56 Å². The minimum Gasteiger partial charge on any atom is -0.243 e. The summed E-state index contributed by atoms with van der Waals surface area (Å²) < 4.78 is 0. The first-order chi connectivity index (χ1) is 3.93. The van der Waals surface area contributed by atoms with Gasteiger partial charge in [0.2, 0.25) is 0 Å². The number of aromatic nitrogens is 2. The minimum atomic E-state index is 0. The molecule has 0 bridgehead atoms. The van der Waals surface area contributed by atoms with E-state index < -0.39 is 0 Å². The van der Waals surface area contributed by atoms with E-state index in [0.717, 1.165) is 0 Å². The highest BCUT2D eigenvalue weighted by Crippen LogP contribution is 1.85. The Balaban J connectivity index is 0. The van der Waals surface area contributed by atoms with Crippen molar-refractivity contribution in [1.82, 2.24) is 9.97 Å². The van der Waals surface area contributed by atoms with Crippen molar-refractivity contribution >= 4 is 24.8 Å². The zero-order chi connectivity index (χ0) is 5.82. The zero-order valence-corrected chi connectivity index (χ0v) is 6.52. The molecule has 1 heterocycles. The lowest BCUT2D eigenvalue weighted by Crippen LogP contribution is -1.77. The van der Waals surface area contributed by atoms with Crippen LogP contribution in [-0.4, -0.2) is 9.97 Å². The number of hydrogen-bond donors (Lipinski definition) is 0. The molecule has 0 aliphatic heterocycles. The lowest BCUT2D eigenvalue weighted by molar-refractivity contribution is 1.15. The fourth-order valence-electron chi connectivity index (χ4n) is 0.357.